The molecule has 0 radical (unpaired) electrons. The van der Waals surface area contributed by atoms with Gasteiger partial charge in [0, 0.05) is 0 Å². The van der Waals surface area contributed by atoms with E-state index in [1.54, 1.807) is 0 Å². The monoisotopic (exact) mass is 202 g/mol. The first-order chi connectivity index (χ1) is 6.43. The van der Waals surface area contributed by atoms with Crippen molar-refractivity contribution in [2.24, 2.45) is 0 Å². The van der Waals surface area contributed by atoms with Crippen LogP contribution in [0, 0.1) is 0 Å². The fraction of sp³-hybridized carbons (Fsp3) is 1.00. The molecule has 3 nitrogen and oxygen atoms in total. The Kier molecular flexibility index (Phi) is 3.93. The molecular weight excluding hydrogens is 180 g/mol. The van der Waals surface area contributed by atoms with Gasteiger partial charge in [-0.25, -0.2) is 0 Å². The Hall–Kier alpha value is -0.120. The Balaban J connectivity index is 2.44. The van der Waals surface area contributed by atoms with Crippen molar-refractivity contribution in [2.75, 3.05) is 0 Å². The maximum Gasteiger partial charge on any atom is 0.0631 e. The van der Waals surface area contributed by atoms with Gasteiger partial charge in [-0.3, -0.25) is 0 Å². The number of hydrogen-bond donors (Lipinski definition) is 2. The third-order valence-corrected chi connectivity index (χ3v) is 2.95. The highest BCUT2D eigenvalue weighted by Crippen LogP contribution is 2.26. The van der Waals surface area contributed by atoms with Crippen LogP contribution in [0.4, 0.5) is 0 Å². The van der Waals surface area contributed by atoms with E-state index in [2.05, 4.69) is 6.92 Å². The summed E-state index contributed by atoms with van der Waals surface area (Å²) < 4.78 is 5.85. The molecule has 0 amide bonds. The molecule has 0 heterocycles. The van der Waals surface area contributed by atoms with Gasteiger partial charge >= 0.3 is 0 Å². The molecule has 1 rings (SSSR count). The summed E-state index contributed by atoms with van der Waals surface area (Å²) in [7, 11) is 0. The molecule has 1 aliphatic carbocycles. The number of hydrogen-bond acceptors (Lipinski definition) is 3. The Bertz CT molecular complexity index is 169. The van der Waals surface area contributed by atoms with E-state index < -0.39 is 12.2 Å². The first kappa shape index (κ1) is 12.0. The van der Waals surface area contributed by atoms with Gasteiger partial charge in [-0.15, -0.1) is 0 Å². The van der Waals surface area contributed by atoms with Crippen LogP contribution in [0.2, 0.25) is 0 Å². The van der Waals surface area contributed by atoms with Gasteiger partial charge in [0.2, 0.25) is 0 Å². The molecule has 0 aliphatic heterocycles. The van der Waals surface area contributed by atoms with Crippen molar-refractivity contribution >= 4 is 0 Å². The molecule has 0 aromatic carbocycles. The third-order valence-electron chi connectivity index (χ3n) is 2.95. The Morgan fingerprint density at radius 1 is 1.14 bits per heavy atom. The predicted molar refractivity (Wildman–Crippen MR) is 55.1 cm³/mol. The second-order valence-electron chi connectivity index (χ2n) is 4.87. The first-order valence-electron chi connectivity index (χ1n) is 5.47. The molecular formula is C11H22O3. The number of aliphatic hydroxyl groups is 2. The van der Waals surface area contributed by atoms with Crippen molar-refractivity contribution < 1.29 is 14.9 Å². The van der Waals surface area contributed by atoms with Crippen molar-refractivity contribution in [3.8, 4) is 0 Å². The second-order valence-corrected chi connectivity index (χ2v) is 4.87. The smallest absolute Gasteiger partial charge is 0.0631 e. The Morgan fingerprint density at radius 2 is 1.64 bits per heavy atom. The van der Waals surface area contributed by atoms with Crippen LogP contribution in [-0.2, 0) is 4.74 Å². The van der Waals surface area contributed by atoms with Crippen LogP contribution in [-0.4, -0.2) is 34.1 Å². The standard InChI is InChI=1S/C11H22O3/c1-4-11(2,3)14-10-6-8(12)5-9(13)7-10/h8-10,12-13H,4-7H2,1-3H3/t8-,9+,10?. The van der Waals surface area contributed by atoms with E-state index in [1.807, 2.05) is 13.8 Å². The van der Waals surface area contributed by atoms with Crippen LogP contribution in [0.25, 0.3) is 0 Å². The zero-order valence-electron chi connectivity index (χ0n) is 9.36. The lowest BCUT2D eigenvalue weighted by molar-refractivity contribution is -0.123. The van der Waals surface area contributed by atoms with Gasteiger partial charge in [-0.1, -0.05) is 6.92 Å². The van der Waals surface area contributed by atoms with Crippen LogP contribution in [0.1, 0.15) is 46.5 Å². The van der Waals surface area contributed by atoms with Crippen LogP contribution in [0.3, 0.4) is 0 Å². The summed E-state index contributed by atoms with van der Waals surface area (Å²) in [4.78, 5) is 0. The molecule has 14 heavy (non-hydrogen) atoms. The van der Waals surface area contributed by atoms with E-state index in [4.69, 9.17) is 4.74 Å². The average Bonchev–Trinajstić information content (AvgIpc) is 2.01. The minimum atomic E-state index is -0.406. The fourth-order valence-corrected chi connectivity index (χ4v) is 1.84. The fourth-order valence-electron chi connectivity index (χ4n) is 1.84. The third kappa shape index (κ3) is 3.56. The summed E-state index contributed by atoms with van der Waals surface area (Å²) in [5, 5.41) is 19.0. The maximum atomic E-state index is 9.48. The molecule has 2 N–H and O–H groups in total. The molecule has 0 saturated heterocycles. The minimum absolute atomic E-state index is 0.00343. The van der Waals surface area contributed by atoms with E-state index in [0.29, 0.717) is 19.3 Å². The molecule has 1 fully saturated rings. The Morgan fingerprint density at radius 3 is 2.07 bits per heavy atom. The van der Waals surface area contributed by atoms with Crippen LogP contribution < -0.4 is 0 Å². The normalized spacial score (nSPS) is 34.5. The number of rotatable bonds is 3. The van der Waals surface area contributed by atoms with Gasteiger partial charge in [0.1, 0.15) is 0 Å². The largest absolute Gasteiger partial charge is 0.393 e. The predicted octanol–water partition coefficient (Wildman–Crippen LogP) is 1.47. The first-order valence-corrected chi connectivity index (χ1v) is 5.47. The Labute approximate surface area is 86.1 Å². The van der Waals surface area contributed by atoms with Crippen molar-refractivity contribution in [3.05, 3.63) is 0 Å². The molecule has 0 aromatic heterocycles. The molecule has 1 unspecified atom stereocenters. The van der Waals surface area contributed by atoms with Gasteiger partial charge in [0.15, 0.2) is 0 Å². The summed E-state index contributed by atoms with van der Waals surface area (Å²) in [6.07, 6.45) is 1.93. The lowest BCUT2D eigenvalue weighted by Gasteiger charge is -2.35. The molecule has 1 aliphatic rings. The van der Waals surface area contributed by atoms with E-state index in [1.165, 1.54) is 0 Å². The second kappa shape index (κ2) is 4.60. The summed E-state index contributed by atoms with van der Waals surface area (Å²) in [5.41, 5.74) is -0.151. The van der Waals surface area contributed by atoms with Gasteiger partial charge in [0.25, 0.3) is 0 Å². The topological polar surface area (TPSA) is 49.7 Å². The highest BCUT2D eigenvalue weighted by molar-refractivity contribution is 4.81. The maximum absolute atomic E-state index is 9.48. The van der Waals surface area contributed by atoms with Gasteiger partial charge in [0.05, 0.1) is 23.9 Å². The van der Waals surface area contributed by atoms with Crippen molar-refractivity contribution in [3.63, 3.8) is 0 Å². The molecule has 3 atom stereocenters. The lowest BCUT2D eigenvalue weighted by atomic mass is 9.91. The van der Waals surface area contributed by atoms with Gasteiger partial charge in [-0.05, 0) is 39.5 Å². The molecule has 1 saturated carbocycles. The molecule has 0 spiro atoms. The average molecular weight is 202 g/mol. The van der Waals surface area contributed by atoms with Crippen molar-refractivity contribution in [1.82, 2.24) is 0 Å². The lowest BCUT2D eigenvalue weighted by Crippen LogP contribution is -2.39. The molecule has 0 bridgehead atoms. The number of aliphatic hydroxyl groups excluding tert-OH is 2. The van der Waals surface area contributed by atoms with E-state index >= 15 is 0 Å². The summed E-state index contributed by atoms with van der Waals surface area (Å²) in [6, 6.07) is 0. The molecule has 0 aromatic rings. The quantitative estimate of drug-likeness (QED) is 0.728. The van der Waals surface area contributed by atoms with Gasteiger partial charge in [-0.2, -0.15) is 0 Å². The van der Waals surface area contributed by atoms with E-state index in [-0.39, 0.29) is 11.7 Å². The van der Waals surface area contributed by atoms with E-state index in [0.717, 1.165) is 6.42 Å². The van der Waals surface area contributed by atoms with Crippen LogP contribution in [0.5, 0.6) is 0 Å². The summed E-state index contributed by atoms with van der Waals surface area (Å²) >= 11 is 0. The van der Waals surface area contributed by atoms with Crippen molar-refractivity contribution in [1.29, 1.82) is 0 Å². The minimum Gasteiger partial charge on any atom is -0.393 e. The van der Waals surface area contributed by atoms with Crippen molar-refractivity contribution in [2.45, 2.75) is 70.4 Å². The zero-order valence-corrected chi connectivity index (χ0v) is 9.36. The summed E-state index contributed by atoms with van der Waals surface area (Å²) in [5.74, 6) is 0. The highest BCUT2D eigenvalue weighted by atomic mass is 16.5. The zero-order chi connectivity index (χ0) is 10.8. The molecule has 84 valence electrons. The van der Waals surface area contributed by atoms with E-state index in [9.17, 15) is 10.2 Å². The highest BCUT2D eigenvalue weighted by Gasteiger charge is 2.30. The number of ether oxygens (including phenoxy) is 1. The van der Waals surface area contributed by atoms with Crippen LogP contribution >= 0.6 is 0 Å². The SMILES string of the molecule is CCC(C)(C)OC1C[C@@H](O)C[C@@H](O)C1. The van der Waals surface area contributed by atoms with Gasteiger partial charge < -0.3 is 14.9 Å². The molecule has 3 heteroatoms. The van der Waals surface area contributed by atoms with Crippen LogP contribution in [0.15, 0.2) is 0 Å². The summed E-state index contributed by atoms with van der Waals surface area (Å²) in [6.45, 7) is 6.16.